The normalized spacial score (nSPS) is 37.8. The molecule has 2 aliphatic rings. The summed E-state index contributed by atoms with van der Waals surface area (Å²) in [6.07, 6.45) is 3.16. The van der Waals surface area contributed by atoms with Crippen LogP contribution in [0.5, 0.6) is 0 Å². The van der Waals surface area contributed by atoms with E-state index in [2.05, 4.69) is 13.8 Å². The number of rotatable bonds is 0. The molecular weight excluding hydrogens is 168 g/mol. The summed E-state index contributed by atoms with van der Waals surface area (Å²) in [5, 5.41) is 0. The Labute approximate surface area is 78.4 Å². The van der Waals surface area contributed by atoms with Crippen molar-refractivity contribution < 1.29 is 14.3 Å². The Kier molecular flexibility index (Phi) is 1.88. The Bertz CT molecular complexity index is 234. The van der Waals surface area contributed by atoms with Crippen molar-refractivity contribution in [2.45, 2.75) is 50.7 Å². The van der Waals surface area contributed by atoms with E-state index >= 15 is 0 Å². The zero-order valence-electron chi connectivity index (χ0n) is 8.26. The minimum Gasteiger partial charge on any atom is -0.459 e. The van der Waals surface area contributed by atoms with Gasteiger partial charge in [0.05, 0.1) is 12.2 Å². The van der Waals surface area contributed by atoms with Gasteiger partial charge in [-0.1, -0.05) is 0 Å². The molecule has 0 aromatic heterocycles. The Morgan fingerprint density at radius 2 is 2.08 bits per heavy atom. The highest BCUT2D eigenvalue weighted by Gasteiger charge is 2.47. The first-order valence-corrected chi connectivity index (χ1v) is 4.87. The highest BCUT2D eigenvalue weighted by molar-refractivity contribution is 5.72. The van der Waals surface area contributed by atoms with Crippen molar-refractivity contribution in [1.82, 2.24) is 0 Å². The summed E-state index contributed by atoms with van der Waals surface area (Å²) in [6, 6.07) is 0. The number of esters is 1. The van der Waals surface area contributed by atoms with Crippen LogP contribution in [0.15, 0.2) is 0 Å². The van der Waals surface area contributed by atoms with Crippen LogP contribution in [0.1, 0.15) is 39.5 Å². The first kappa shape index (κ1) is 9.00. The molecule has 0 saturated carbocycles. The van der Waals surface area contributed by atoms with Crippen molar-refractivity contribution in [2.24, 2.45) is 0 Å². The smallest absolute Gasteiger partial charge is 0.306 e. The molecule has 0 N–H and O–H groups in total. The molecule has 3 heteroatoms. The maximum Gasteiger partial charge on any atom is 0.306 e. The standard InChI is InChI=1S/C10H16O3/c1-9(2)7-10(5-6-12-9)4-3-8(11)13-10/h3-7H2,1-2H3. The minimum absolute atomic E-state index is 0.0438. The number of carbonyl (C=O) groups is 1. The van der Waals surface area contributed by atoms with Gasteiger partial charge < -0.3 is 9.47 Å². The summed E-state index contributed by atoms with van der Waals surface area (Å²) in [6.45, 7) is 4.82. The van der Waals surface area contributed by atoms with Crippen molar-refractivity contribution in [2.75, 3.05) is 6.61 Å². The molecular formula is C10H16O3. The first-order chi connectivity index (χ1) is 6.02. The molecule has 1 atom stereocenters. The van der Waals surface area contributed by atoms with Crippen LogP contribution in [0.25, 0.3) is 0 Å². The fourth-order valence-electron chi connectivity index (χ4n) is 2.40. The number of hydrogen-bond acceptors (Lipinski definition) is 3. The summed E-state index contributed by atoms with van der Waals surface area (Å²) in [7, 11) is 0. The van der Waals surface area contributed by atoms with Crippen LogP contribution in [0.2, 0.25) is 0 Å². The maximum atomic E-state index is 11.1. The molecule has 74 valence electrons. The van der Waals surface area contributed by atoms with E-state index < -0.39 is 0 Å². The second-order valence-electron chi connectivity index (χ2n) is 4.69. The van der Waals surface area contributed by atoms with Crippen molar-refractivity contribution in [3.63, 3.8) is 0 Å². The average molecular weight is 184 g/mol. The van der Waals surface area contributed by atoms with E-state index in [0.717, 1.165) is 19.3 Å². The molecule has 0 amide bonds. The van der Waals surface area contributed by atoms with Gasteiger partial charge in [0.15, 0.2) is 0 Å². The van der Waals surface area contributed by atoms with Crippen LogP contribution in [-0.4, -0.2) is 23.8 Å². The second kappa shape index (κ2) is 2.71. The molecule has 13 heavy (non-hydrogen) atoms. The quantitative estimate of drug-likeness (QED) is 0.537. The van der Waals surface area contributed by atoms with Crippen LogP contribution < -0.4 is 0 Å². The number of hydrogen-bond donors (Lipinski definition) is 0. The van der Waals surface area contributed by atoms with Crippen molar-refractivity contribution >= 4 is 5.97 Å². The first-order valence-electron chi connectivity index (χ1n) is 4.87. The fourth-order valence-corrected chi connectivity index (χ4v) is 2.40. The van der Waals surface area contributed by atoms with Gasteiger partial charge in [0.25, 0.3) is 0 Å². The molecule has 2 fully saturated rings. The van der Waals surface area contributed by atoms with Gasteiger partial charge in [0.1, 0.15) is 5.60 Å². The Hall–Kier alpha value is -0.570. The molecule has 0 aromatic carbocycles. The van der Waals surface area contributed by atoms with E-state index in [1.807, 2.05) is 0 Å². The van der Waals surface area contributed by atoms with Gasteiger partial charge in [0, 0.05) is 19.3 Å². The SMILES string of the molecule is CC1(C)CC2(CCO1)CCC(=O)O2. The zero-order chi connectivity index (χ0) is 9.53. The van der Waals surface area contributed by atoms with E-state index in [-0.39, 0.29) is 17.2 Å². The van der Waals surface area contributed by atoms with Crippen molar-refractivity contribution in [3.05, 3.63) is 0 Å². The van der Waals surface area contributed by atoms with Gasteiger partial charge in [-0.25, -0.2) is 0 Å². The lowest BCUT2D eigenvalue weighted by molar-refractivity contribution is -0.171. The van der Waals surface area contributed by atoms with Gasteiger partial charge in [-0.3, -0.25) is 4.79 Å². The van der Waals surface area contributed by atoms with Gasteiger partial charge in [0.2, 0.25) is 0 Å². The molecule has 3 nitrogen and oxygen atoms in total. The Morgan fingerprint density at radius 3 is 2.62 bits per heavy atom. The van der Waals surface area contributed by atoms with E-state index in [0.29, 0.717) is 13.0 Å². The molecule has 1 spiro atoms. The average Bonchev–Trinajstić information content (AvgIpc) is 2.29. The third-order valence-corrected chi connectivity index (χ3v) is 2.91. The lowest BCUT2D eigenvalue weighted by atomic mass is 9.82. The monoisotopic (exact) mass is 184 g/mol. The lowest BCUT2D eigenvalue weighted by Crippen LogP contribution is -2.45. The second-order valence-corrected chi connectivity index (χ2v) is 4.69. The molecule has 0 aliphatic carbocycles. The molecule has 2 rings (SSSR count). The summed E-state index contributed by atoms with van der Waals surface area (Å²) in [5.74, 6) is -0.0438. The number of ether oxygens (including phenoxy) is 2. The van der Waals surface area contributed by atoms with Gasteiger partial charge in [-0.2, -0.15) is 0 Å². The van der Waals surface area contributed by atoms with E-state index in [1.165, 1.54) is 0 Å². The zero-order valence-corrected chi connectivity index (χ0v) is 8.26. The third-order valence-electron chi connectivity index (χ3n) is 2.91. The molecule has 2 aliphatic heterocycles. The Morgan fingerprint density at radius 1 is 1.31 bits per heavy atom. The van der Waals surface area contributed by atoms with Crippen LogP contribution in [0.4, 0.5) is 0 Å². The summed E-state index contributed by atoms with van der Waals surface area (Å²) >= 11 is 0. The molecule has 0 bridgehead atoms. The third kappa shape index (κ3) is 1.70. The number of carbonyl (C=O) groups excluding carboxylic acids is 1. The van der Waals surface area contributed by atoms with Crippen molar-refractivity contribution in [1.29, 1.82) is 0 Å². The van der Waals surface area contributed by atoms with Gasteiger partial charge in [-0.15, -0.1) is 0 Å². The largest absolute Gasteiger partial charge is 0.459 e. The van der Waals surface area contributed by atoms with Crippen LogP contribution in [0.3, 0.4) is 0 Å². The molecule has 0 aromatic rings. The maximum absolute atomic E-state index is 11.1. The summed E-state index contributed by atoms with van der Waals surface area (Å²) < 4.78 is 11.0. The predicted molar refractivity (Wildman–Crippen MR) is 47.3 cm³/mol. The molecule has 0 radical (unpaired) electrons. The van der Waals surface area contributed by atoms with Crippen molar-refractivity contribution in [3.8, 4) is 0 Å². The highest BCUT2D eigenvalue weighted by Crippen LogP contribution is 2.41. The van der Waals surface area contributed by atoms with Gasteiger partial charge in [-0.05, 0) is 20.3 Å². The van der Waals surface area contributed by atoms with E-state index in [4.69, 9.17) is 9.47 Å². The van der Waals surface area contributed by atoms with Crippen LogP contribution in [0, 0.1) is 0 Å². The van der Waals surface area contributed by atoms with Gasteiger partial charge >= 0.3 is 5.97 Å². The molecule has 1 unspecified atom stereocenters. The van der Waals surface area contributed by atoms with Crippen LogP contribution in [-0.2, 0) is 14.3 Å². The fraction of sp³-hybridized carbons (Fsp3) is 0.900. The molecule has 2 heterocycles. The Balaban J connectivity index is 2.11. The van der Waals surface area contributed by atoms with Crippen LogP contribution >= 0.6 is 0 Å². The minimum atomic E-state index is -0.196. The summed E-state index contributed by atoms with van der Waals surface area (Å²) in [4.78, 5) is 11.1. The topological polar surface area (TPSA) is 35.5 Å². The van der Waals surface area contributed by atoms with E-state index in [1.54, 1.807) is 0 Å². The highest BCUT2D eigenvalue weighted by atomic mass is 16.6. The predicted octanol–water partition coefficient (Wildman–Crippen LogP) is 1.65. The summed E-state index contributed by atoms with van der Waals surface area (Å²) in [5.41, 5.74) is -0.332. The van der Waals surface area contributed by atoms with E-state index in [9.17, 15) is 4.79 Å². The molecule has 2 saturated heterocycles. The lowest BCUT2D eigenvalue weighted by Gasteiger charge is -2.41.